The first-order valence-electron chi connectivity index (χ1n) is 11.2. The molecule has 0 saturated carbocycles. The number of methoxy groups -OCH3 is 1. The molecule has 0 aromatic heterocycles. The molecule has 1 amide bonds. The number of hydrogen-bond acceptors (Lipinski definition) is 4. The van der Waals surface area contributed by atoms with Crippen molar-refractivity contribution in [3.05, 3.63) is 64.7 Å². The van der Waals surface area contributed by atoms with Crippen LogP contribution in [-0.4, -0.2) is 37.6 Å². The third-order valence-corrected chi connectivity index (χ3v) is 7.02. The molecule has 2 aliphatic rings. The lowest BCUT2D eigenvalue weighted by molar-refractivity contribution is -0.120. The van der Waals surface area contributed by atoms with Crippen LogP contribution in [0.3, 0.4) is 0 Å². The fourth-order valence-electron chi connectivity index (χ4n) is 5.24. The Morgan fingerprint density at radius 2 is 1.97 bits per heavy atom. The first kappa shape index (κ1) is 21.4. The molecule has 2 aromatic rings. The maximum Gasteiger partial charge on any atom is 0.217 e. The lowest BCUT2D eigenvalue weighted by atomic mass is 9.64. The van der Waals surface area contributed by atoms with Crippen molar-refractivity contribution in [2.45, 2.75) is 45.1 Å². The minimum absolute atomic E-state index is 0.0238. The van der Waals surface area contributed by atoms with Crippen LogP contribution in [0.25, 0.3) is 0 Å². The number of rotatable bonds is 5. The van der Waals surface area contributed by atoms with Crippen LogP contribution in [0.5, 0.6) is 5.75 Å². The Labute approximate surface area is 185 Å². The van der Waals surface area contributed by atoms with Crippen molar-refractivity contribution in [1.82, 2.24) is 10.2 Å². The quantitative estimate of drug-likeness (QED) is 0.798. The second kappa shape index (κ2) is 9.11. The van der Waals surface area contributed by atoms with Gasteiger partial charge < -0.3 is 15.0 Å². The first-order chi connectivity index (χ1) is 15.0. The minimum atomic E-state index is 0.0238. The van der Waals surface area contributed by atoms with E-state index < -0.39 is 0 Å². The topological polar surface area (TPSA) is 65.4 Å². The predicted molar refractivity (Wildman–Crippen MR) is 121 cm³/mol. The molecule has 1 fully saturated rings. The number of likely N-dealkylation sites (tertiary alicyclic amines) is 1. The second-order valence-corrected chi connectivity index (χ2v) is 9.10. The SMILES string of the molecule is COc1ccc2c(c1)[C@H](NC(C)=O)CC1(CCN(CCc3ccc(C#N)cc3)CC1)C2. The van der Waals surface area contributed by atoms with Crippen molar-refractivity contribution in [2.75, 3.05) is 26.7 Å². The number of benzene rings is 2. The van der Waals surface area contributed by atoms with Crippen LogP contribution >= 0.6 is 0 Å². The summed E-state index contributed by atoms with van der Waals surface area (Å²) in [6.07, 6.45) is 5.39. The molecule has 31 heavy (non-hydrogen) atoms. The zero-order valence-electron chi connectivity index (χ0n) is 18.5. The summed E-state index contributed by atoms with van der Waals surface area (Å²) in [5.74, 6) is 0.873. The Morgan fingerprint density at radius 1 is 1.23 bits per heavy atom. The molecular formula is C26H31N3O2. The minimum Gasteiger partial charge on any atom is -0.497 e. The average molecular weight is 418 g/mol. The molecule has 1 aliphatic heterocycles. The Hall–Kier alpha value is -2.84. The van der Waals surface area contributed by atoms with Crippen molar-refractivity contribution in [1.29, 1.82) is 5.26 Å². The molecule has 1 saturated heterocycles. The van der Waals surface area contributed by atoms with Crippen molar-refractivity contribution < 1.29 is 9.53 Å². The van der Waals surface area contributed by atoms with E-state index >= 15 is 0 Å². The van der Waals surface area contributed by atoms with E-state index in [0.717, 1.165) is 57.5 Å². The maximum absolute atomic E-state index is 11.9. The summed E-state index contributed by atoms with van der Waals surface area (Å²) < 4.78 is 5.43. The summed E-state index contributed by atoms with van der Waals surface area (Å²) in [4.78, 5) is 14.4. The predicted octanol–water partition coefficient (Wildman–Crippen LogP) is 4.02. The normalized spacial score (nSPS) is 20.0. The van der Waals surface area contributed by atoms with Crippen molar-refractivity contribution >= 4 is 5.91 Å². The van der Waals surface area contributed by atoms with E-state index in [4.69, 9.17) is 10.00 Å². The van der Waals surface area contributed by atoms with Gasteiger partial charge in [-0.3, -0.25) is 4.79 Å². The number of amides is 1. The number of carbonyl (C=O) groups excluding carboxylic acids is 1. The van der Waals surface area contributed by atoms with Gasteiger partial charge in [0, 0.05) is 13.5 Å². The second-order valence-electron chi connectivity index (χ2n) is 9.10. The van der Waals surface area contributed by atoms with Gasteiger partial charge in [-0.05, 0) is 91.6 Å². The highest BCUT2D eigenvalue weighted by molar-refractivity contribution is 5.73. The monoisotopic (exact) mass is 417 g/mol. The highest BCUT2D eigenvalue weighted by atomic mass is 16.5. The van der Waals surface area contributed by atoms with Crippen molar-refractivity contribution in [3.8, 4) is 11.8 Å². The Kier molecular flexibility index (Phi) is 6.29. The number of nitriles is 1. The van der Waals surface area contributed by atoms with Crippen LogP contribution in [0.4, 0.5) is 0 Å². The molecule has 2 aromatic carbocycles. The molecule has 4 rings (SSSR count). The summed E-state index contributed by atoms with van der Waals surface area (Å²) in [7, 11) is 1.69. The number of ether oxygens (including phenoxy) is 1. The third kappa shape index (κ3) is 4.91. The number of carbonyl (C=O) groups is 1. The number of nitrogens with one attached hydrogen (secondary N) is 1. The Morgan fingerprint density at radius 3 is 2.61 bits per heavy atom. The average Bonchev–Trinajstić information content (AvgIpc) is 2.78. The lowest BCUT2D eigenvalue weighted by Crippen LogP contribution is -2.46. The molecule has 162 valence electrons. The highest BCUT2D eigenvalue weighted by Gasteiger charge is 2.41. The summed E-state index contributed by atoms with van der Waals surface area (Å²) in [6.45, 7) is 4.83. The standard InChI is InChI=1S/C26H31N3O2/c1-19(30)28-25-17-26(16-22-7-8-23(31-2)15-24(22)25)10-13-29(14-11-26)12-9-20-3-5-21(18-27)6-4-20/h3-8,15,25H,9-14,16-17H2,1-2H3,(H,28,30)/t25-/m1/s1. The van der Waals surface area contributed by atoms with Gasteiger partial charge in [-0.25, -0.2) is 0 Å². The first-order valence-corrected chi connectivity index (χ1v) is 11.2. The summed E-state index contributed by atoms with van der Waals surface area (Å²) in [6, 6.07) is 16.5. The molecule has 1 spiro atoms. The fourth-order valence-corrected chi connectivity index (χ4v) is 5.24. The zero-order chi connectivity index (χ0) is 21.8. The highest BCUT2D eigenvalue weighted by Crippen LogP contribution is 2.48. The van der Waals surface area contributed by atoms with Crippen LogP contribution in [0.15, 0.2) is 42.5 Å². The Balaban J connectivity index is 1.40. The molecule has 0 bridgehead atoms. The van der Waals surface area contributed by atoms with Gasteiger partial charge in [0.25, 0.3) is 0 Å². The molecule has 0 radical (unpaired) electrons. The van der Waals surface area contributed by atoms with E-state index in [1.54, 1.807) is 14.0 Å². The Bertz CT molecular complexity index is 969. The molecule has 1 atom stereocenters. The number of nitrogens with zero attached hydrogens (tertiary/aromatic N) is 2. The molecule has 1 N–H and O–H groups in total. The number of hydrogen-bond donors (Lipinski definition) is 1. The summed E-state index contributed by atoms with van der Waals surface area (Å²) in [5, 5.41) is 12.1. The summed E-state index contributed by atoms with van der Waals surface area (Å²) in [5.41, 5.74) is 4.80. The third-order valence-electron chi connectivity index (χ3n) is 7.02. The zero-order valence-corrected chi connectivity index (χ0v) is 18.5. The van der Waals surface area contributed by atoms with Crippen LogP contribution in [0.1, 0.15) is 54.5 Å². The van der Waals surface area contributed by atoms with Crippen molar-refractivity contribution in [2.24, 2.45) is 5.41 Å². The number of fused-ring (bicyclic) bond motifs is 1. The van der Waals surface area contributed by atoms with E-state index in [0.29, 0.717) is 5.56 Å². The molecule has 0 unspecified atom stereocenters. The van der Waals surface area contributed by atoms with Gasteiger partial charge in [0.15, 0.2) is 0 Å². The van der Waals surface area contributed by atoms with Gasteiger partial charge >= 0.3 is 0 Å². The number of piperidine rings is 1. The maximum atomic E-state index is 11.9. The largest absolute Gasteiger partial charge is 0.497 e. The van der Waals surface area contributed by atoms with E-state index in [2.05, 4.69) is 40.6 Å². The van der Waals surface area contributed by atoms with Crippen LogP contribution in [0, 0.1) is 16.7 Å². The van der Waals surface area contributed by atoms with Crippen LogP contribution in [-0.2, 0) is 17.6 Å². The molecule has 1 heterocycles. The van der Waals surface area contributed by atoms with E-state index in [1.807, 2.05) is 18.2 Å². The van der Waals surface area contributed by atoms with E-state index in [9.17, 15) is 4.79 Å². The molecule has 5 nitrogen and oxygen atoms in total. The van der Waals surface area contributed by atoms with E-state index in [-0.39, 0.29) is 17.4 Å². The molecule has 5 heteroatoms. The van der Waals surface area contributed by atoms with Gasteiger partial charge in [0.05, 0.1) is 24.8 Å². The van der Waals surface area contributed by atoms with Gasteiger partial charge in [0.2, 0.25) is 5.91 Å². The van der Waals surface area contributed by atoms with Crippen molar-refractivity contribution in [3.63, 3.8) is 0 Å². The van der Waals surface area contributed by atoms with Gasteiger partial charge in [0.1, 0.15) is 5.75 Å². The van der Waals surface area contributed by atoms with Gasteiger partial charge in [-0.1, -0.05) is 18.2 Å². The molecule has 1 aliphatic carbocycles. The lowest BCUT2D eigenvalue weighted by Gasteiger charge is -2.47. The molecular weight excluding hydrogens is 386 g/mol. The van der Waals surface area contributed by atoms with Gasteiger partial charge in [-0.2, -0.15) is 5.26 Å². The van der Waals surface area contributed by atoms with E-state index in [1.165, 1.54) is 16.7 Å². The van der Waals surface area contributed by atoms with Gasteiger partial charge in [-0.15, -0.1) is 0 Å². The smallest absolute Gasteiger partial charge is 0.217 e. The fraction of sp³-hybridized carbons (Fsp3) is 0.462. The van der Waals surface area contributed by atoms with Crippen LogP contribution in [0.2, 0.25) is 0 Å². The van der Waals surface area contributed by atoms with Crippen LogP contribution < -0.4 is 10.1 Å². The summed E-state index contributed by atoms with van der Waals surface area (Å²) >= 11 is 0.